The van der Waals surface area contributed by atoms with Gasteiger partial charge in [-0.15, -0.1) is 0 Å². The third kappa shape index (κ3) is 1.47. The molecule has 0 aliphatic heterocycles. The minimum atomic E-state index is 0.941. The molecule has 2 N–H and O–H groups in total. The smallest absolute Gasteiger partial charge is 0.0462 e. The van der Waals surface area contributed by atoms with Gasteiger partial charge in [0.15, 0.2) is 0 Å². The Kier molecular flexibility index (Phi) is 2.03. The average Bonchev–Trinajstić information content (AvgIpc) is 2.99. The summed E-state index contributed by atoms with van der Waals surface area (Å²) in [5, 5.41) is 2.63. The molecule has 2 nitrogen and oxygen atoms in total. The van der Waals surface area contributed by atoms with Gasteiger partial charge in [-0.25, -0.2) is 0 Å². The quantitative estimate of drug-likeness (QED) is 0.408. The lowest BCUT2D eigenvalue weighted by molar-refractivity contribution is 1.12. The zero-order valence-electron chi connectivity index (χ0n) is 11.5. The van der Waals surface area contributed by atoms with E-state index in [0.29, 0.717) is 0 Å². The summed E-state index contributed by atoms with van der Waals surface area (Å²) >= 11 is 0. The van der Waals surface area contributed by atoms with Gasteiger partial charge >= 0.3 is 0 Å². The van der Waals surface area contributed by atoms with Crippen molar-refractivity contribution in [3.05, 3.63) is 71.0 Å². The van der Waals surface area contributed by atoms with Gasteiger partial charge in [0.25, 0.3) is 0 Å². The fourth-order valence-corrected chi connectivity index (χ4v) is 3.45. The van der Waals surface area contributed by atoms with Crippen LogP contribution in [0.3, 0.4) is 0 Å². The summed E-state index contributed by atoms with van der Waals surface area (Å²) in [5.74, 6) is 0. The highest BCUT2D eigenvalue weighted by atomic mass is 14.7. The van der Waals surface area contributed by atoms with Crippen molar-refractivity contribution in [2.45, 2.75) is 6.42 Å². The van der Waals surface area contributed by atoms with E-state index < -0.39 is 0 Å². The Bertz CT molecular complexity index is 1010. The summed E-state index contributed by atoms with van der Waals surface area (Å²) in [7, 11) is 0. The molecule has 0 unspecified atom stereocenters. The van der Waals surface area contributed by atoms with Crippen LogP contribution in [0, 0.1) is 0 Å². The van der Waals surface area contributed by atoms with Crippen LogP contribution in [-0.4, -0.2) is 9.97 Å². The Hall–Kier alpha value is -2.74. The molecule has 0 radical (unpaired) electrons. The van der Waals surface area contributed by atoms with Crippen LogP contribution < -0.4 is 0 Å². The van der Waals surface area contributed by atoms with Crippen LogP contribution >= 0.6 is 0 Å². The predicted molar refractivity (Wildman–Crippen MR) is 88.3 cm³/mol. The highest BCUT2D eigenvalue weighted by molar-refractivity contribution is 5.97. The Morgan fingerprint density at radius 3 is 2.29 bits per heavy atom. The summed E-state index contributed by atoms with van der Waals surface area (Å²) < 4.78 is 0. The number of aromatic amines is 2. The number of fused-ring (bicyclic) bond motifs is 6. The lowest BCUT2D eigenvalue weighted by Crippen LogP contribution is -1.89. The van der Waals surface area contributed by atoms with E-state index >= 15 is 0 Å². The topological polar surface area (TPSA) is 31.6 Å². The van der Waals surface area contributed by atoms with E-state index in [4.69, 9.17) is 0 Å². The maximum absolute atomic E-state index is 3.59. The molecule has 0 amide bonds. The van der Waals surface area contributed by atoms with E-state index in [0.717, 1.165) is 6.42 Å². The molecule has 2 heteroatoms. The minimum Gasteiger partial charge on any atom is -0.358 e. The number of rotatable bonds is 0. The van der Waals surface area contributed by atoms with E-state index in [9.17, 15) is 0 Å². The number of nitrogens with one attached hydrogen (secondary N) is 2. The second kappa shape index (κ2) is 3.89. The van der Waals surface area contributed by atoms with Gasteiger partial charge in [-0.1, -0.05) is 42.5 Å². The normalized spacial score (nSPS) is 13.3. The van der Waals surface area contributed by atoms with Gasteiger partial charge in [0.1, 0.15) is 0 Å². The van der Waals surface area contributed by atoms with Gasteiger partial charge in [-0.05, 0) is 23.8 Å². The molecule has 21 heavy (non-hydrogen) atoms. The van der Waals surface area contributed by atoms with Crippen LogP contribution in [0.4, 0.5) is 0 Å². The molecule has 0 saturated heterocycles. The predicted octanol–water partition coefficient (Wildman–Crippen LogP) is 4.72. The largest absolute Gasteiger partial charge is 0.358 e. The Morgan fingerprint density at radius 2 is 1.43 bits per heavy atom. The van der Waals surface area contributed by atoms with Crippen molar-refractivity contribution in [1.82, 2.24) is 9.97 Å². The van der Waals surface area contributed by atoms with Crippen LogP contribution in [0.25, 0.3) is 34.0 Å². The van der Waals surface area contributed by atoms with Crippen LogP contribution in [0.2, 0.25) is 0 Å². The van der Waals surface area contributed by atoms with Crippen molar-refractivity contribution in [2.75, 3.05) is 0 Å². The standard InChI is InChI=1S/C19H14N2/c1-3-7-16-12(5-1)14-9-10-18-15(11-19(14)21-16)13-6-2-4-8-17(13)20-18/h1-10,20-21H,11H2. The zero-order chi connectivity index (χ0) is 13.8. The molecule has 0 fully saturated rings. The summed E-state index contributed by atoms with van der Waals surface area (Å²) in [6.07, 6.45) is 5.38. The first kappa shape index (κ1) is 11.0. The molecule has 2 heterocycles. The first-order valence-corrected chi connectivity index (χ1v) is 7.27. The molecule has 0 bridgehead atoms. The van der Waals surface area contributed by atoms with Gasteiger partial charge in [-0.3, -0.25) is 0 Å². The van der Waals surface area contributed by atoms with Crippen LogP contribution in [0.1, 0.15) is 22.5 Å². The number of H-pyrrole nitrogens is 2. The van der Waals surface area contributed by atoms with Gasteiger partial charge < -0.3 is 9.97 Å². The summed E-state index contributed by atoms with van der Waals surface area (Å²) in [6.45, 7) is 0. The van der Waals surface area contributed by atoms with E-state index in [1.807, 2.05) is 0 Å². The molecule has 1 aliphatic carbocycles. The van der Waals surface area contributed by atoms with Gasteiger partial charge in [0, 0.05) is 45.2 Å². The maximum Gasteiger partial charge on any atom is 0.0462 e. The third-order valence-corrected chi connectivity index (χ3v) is 4.44. The fraction of sp³-hybridized carbons (Fsp3) is 0.0526. The second-order valence-electron chi connectivity index (χ2n) is 5.64. The van der Waals surface area contributed by atoms with Crippen molar-refractivity contribution in [3.63, 3.8) is 0 Å². The molecular formula is C19H14N2. The van der Waals surface area contributed by atoms with Crippen molar-refractivity contribution in [1.29, 1.82) is 0 Å². The summed E-state index contributed by atoms with van der Waals surface area (Å²) in [4.78, 5) is 7.11. The van der Waals surface area contributed by atoms with Crippen molar-refractivity contribution in [3.8, 4) is 0 Å². The first-order chi connectivity index (χ1) is 10.4. The Labute approximate surface area is 122 Å². The zero-order valence-corrected chi connectivity index (χ0v) is 11.5. The highest BCUT2D eigenvalue weighted by Gasteiger charge is 2.17. The molecule has 100 valence electrons. The summed E-state index contributed by atoms with van der Waals surface area (Å²) in [6, 6.07) is 17.0. The molecular weight excluding hydrogens is 256 g/mol. The number of para-hydroxylation sites is 2. The van der Waals surface area contributed by atoms with Crippen LogP contribution in [0.15, 0.2) is 48.5 Å². The maximum atomic E-state index is 3.59. The average molecular weight is 270 g/mol. The lowest BCUT2D eigenvalue weighted by Gasteiger charge is -1.99. The highest BCUT2D eigenvalue weighted by Crippen LogP contribution is 2.33. The van der Waals surface area contributed by atoms with Crippen LogP contribution in [-0.2, 0) is 6.42 Å². The molecule has 0 spiro atoms. The number of hydrogen-bond donors (Lipinski definition) is 2. The van der Waals surface area contributed by atoms with Crippen molar-refractivity contribution < 1.29 is 0 Å². The molecule has 2 aromatic carbocycles. The number of hydrogen-bond acceptors (Lipinski definition) is 0. The molecule has 2 aromatic heterocycles. The second-order valence-corrected chi connectivity index (χ2v) is 5.64. The molecule has 0 atom stereocenters. The number of benzene rings is 2. The molecule has 0 saturated carbocycles. The molecule has 5 rings (SSSR count). The van der Waals surface area contributed by atoms with Crippen molar-refractivity contribution in [2.24, 2.45) is 0 Å². The van der Waals surface area contributed by atoms with E-state index in [1.54, 1.807) is 0 Å². The first-order valence-electron chi connectivity index (χ1n) is 7.27. The van der Waals surface area contributed by atoms with Crippen LogP contribution in [0.5, 0.6) is 0 Å². The minimum absolute atomic E-state index is 0.941. The lowest BCUT2D eigenvalue weighted by atomic mass is 10.0. The Balaban J connectivity index is 1.81. The molecule has 4 aromatic rings. The third-order valence-electron chi connectivity index (χ3n) is 4.44. The Morgan fingerprint density at radius 1 is 0.714 bits per heavy atom. The van der Waals surface area contributed by atoms with Gasteiger partial charge in [0.05, 0.1) is 0 Å². The van der Waals surface area contributed by atoms with Gasteiger partial charge in [0.2, 0.25) is 0 Å². The number of aromatic nitrogens is 2. The van der Waals surface area contributed by atoms with Gasteiger partial charge in [-0.2, -0.15) is 0 Å². The van der Waals surface area contributed by atoms with E-state index in [1.165, 1.54) is 44.3 Å². The molecule has 1 aliphatic rings. The SMILES string of the molecule is C1=Cc2c([nH]c3ccccc23)Cc2c1[nH]c1ccccc21. The van der Waals surface area contributed by atoms with E-state index in [2.05, 4.69) is 70.7 Å². The summed E-state index contributed by atoms with van der Waals surface area (Å²) in [5.41, 5.74) is 7.66. The van der Waals surface area contributed by atoms with E-state index in [-0.39, 0.29) is 0 Å². The monoisotopic (exact) mass is 270 g/mol. The fourth-order valence-electron chi connectivity index (χ4n) is 3.45. The van der Waals surface area contributed by atoms with Crippen molar-refractivity contribution >= 4 is 34.0 Å².